The van der Waals surface area contributed by atoms with Crippen LogP contribution in [0.15, 0.2) is 0 Å². The number of nitrogens with zero attached hydrogens (tertiary/aromatic N) is 1. The van der Waals surface area contributed by atoms with Crippen LogP contribution in [0.4, 0.5) is 0 Å². The molecule has 0 aromatic rings. The van der Waals surface area contributed by atoms with Gasteiger partial charge in [-0.1, -0.05) is 6.92 Å². The third-order valence-electron chi connectivity index (χ3n) is 4.84. The van der Waals surface area contributed by atoms with E-state index in [-0.39, 0.29) is 5.97 Å². The monoisotopic (exact) mass is 298 g/mol. The maximum absolute atomic E-state index is 12.0. The molecule has 1 fully saturated rings. The Labute approximate surface area is 130 Å². The predicted molar refractivity (Wildman–Crippen MR) is 87.4 cm³/mol. The van der Waals surface area contributed by atoms with Gasteiger partial charge in [0.05, 0.1) is 7.11 Å². The fourth-order valence-corrected chi connectivity index (χ4v) is 2.87. The number of unbranched alkanes of at least 4 members (excludes halogenated alkanes) is 1. The van der Waals surface area contributed by atoms with E-state index >= 15 is 0 Å². The van der Waals surface area contributed by atoms with E-state index in [1.54, 1.807) is 0 Å². The molecule has 1 N–H and O–H groups in total. The number of hydrogen-bond donors (Lipinski definition) is 1. The molecule has 2 unspecified atom stereocenters. The maximum Gasteiger partial charge on any atom is 0.325 e. The molecule has 0 aliphatic heterocycles. The van der Waals surface area contributed by atoms with Gasteiger partial charge >= 0.3 is 5.97 Å². The predicted octanol–water partition coefficient (Wildman–Crippen LogP) is 2.82. The maximum atomic E-state index is 12.0. The third kappa shape index (κ3) is 5.95. The number of carbonyl (C=O) groups is 1. The van der Waals surface area contributed by atoms with Crippen LogP contribution in [-0.4, -0.2) is 49.7 Å². The summed E-state index contributed by atoms with van der Waals surface area (Å²) in [6, 6.07) is 0.704. The molecule has 21 heavy (non-hydrogen) atoms. The van der Waals surface area contributed by atoms with Gasteiger partial charge in [0.2, 0.25) is 0 Å². The Morgan fingerprint density at radius 2 is 2.10 bits per heavy atom. The summed E-state index contributed by atoms with van der Waals surface area (Å²) in [5.74, 6) is 0.775. The van der Waals surface area contributed by atoms with Crippen LogP contribution in [0.1, 0.15) is 59.3 Å². The molecule has 1 rings (SSSR count). The summed E-state index contributed by atoms with van der Waals surface area (Å²) in [6.07, 6.45) is 6.83. The van der Waals surface area contributed by atoms with Crippen LogP contribution in [0.2, 0.25) is 0 Å². The SMILES string of the molecule is CCCNC(C)(CCCCN(C)C(C)C1CC1)C(=O)OC. The van der Waals surface area contributed by atoms with Crippen molar-refractivity contribution in [2.24, 2.45) is 5.92 Å². The summed E-state index contributed by atoms with van der Waals surface area (Å²) >= 11 is 0. The molecule has 0 bridgehead atoms. The lowest BCUT2D eigenvalue weighted by Crippen LogP contribution is -2.50. The van der Waals surface area contributed by atoms with E-state index in [1.807, 2.05) is 6.92 Å². The molecule has 0 aromatic carbocycles. The van der Waals surface area contributed by atoms with Crippen molar-refractivity contribution in [3.8, 4) is 0 Å². The summed E-state index contributed by atoms with van der Waals surface area (Å²) in [5.41, 5.74) is -0.536. The zero-order valence-corrected chi connectivity index (χ0v) is 14.6. The van der Waals surface area contributed by atoms with Crippen molar-refractivity contribution in [1.29, 1.82) is 0 Å². The lowest BCUT2D eigenvalue weighted by atomic mass is 9.94. The van der Waals surface area contributed by atoms with Crippen molar-refractivity contribution in [3.63, 3.8) is 0 Å². The Hall–Kier alpha value is -0.610. The molecule has 1 aliphatic carbocycles. The highest BCUT2D eigenvalue weighted by molar-refractivity contribution is 5.80. The van der Waals surface area contributed by atoms with Gasteiger partial charge in [0.15, 0.2) is 0 Å². The van der Waals surface area contributed by atoms with Gasteiger partial charge in [-0.3, -0.25) is 4.79 Å². The van der Waals surface area contributed by atoms with Gasteiger partial charge in [-0.05, 0) is 78.4 Å². The smallest absolute Gasteiger partial charge is 0.325 e. The normalized spacial score (nSPS) is 19.3. The second-order valence-electron chi connectivity index (χ2n) is 6.77. The minimum atomic E-state index is -0.536. The highest BCUT2D eigenvalue weighted by Crippen LogP contribution is 2.34. The average Bonchev–Trinajstić information content (AvgIpc) is 3.32. The van der Waals surface area contributed by atoms with Gasteiger partial charge in [-0.2, -0.15) is 0 Å². The Bertz CT molecular complexity index is 318. The first-order chi connectivity index (χ1) is 9.94. The first-order valence-corrected chi connectivity index (χ1v) is 8.48. The summed E-state index contributed by atoms with van der Waals surface area (Å²) in [7, 11) is 3.69. The first-order valence-electron chi connectivity index (χ1n) is 8.48. The van der Waals surface area contributed by atoms with Crippen LogP contribution in [0.25, 0.3) is 0 Å². The number of hydrogen-bond acceptors (Lipinski definition) is 4. The minimum Gasteiger partial charge on any atom is -0.468 e. The van der Waals surface area contributed by atoms with E-state index in [2.05, 4.69) is 31.1 Å². The number of esters is 1. The lowest BCUT2D eigenvalue weighted by molar-refractivity contribution is -0.148. The molecule has 0 heterocycles. The van der Waals surface area contributed by atoms with Gasteiger partial charge < -0.3 is 15.0 Å². The van der Waals surface area contributed by atoms with Crippen molar-refractivity contribution < 1.29 is 9.53 Å². The Morgan fingerprint density at radius 3 is 2.62 bits per heavy atom. The molecule has 0 spiro atoms. The summed E-state index contributed by atoms with van der Waals surface area (Å²) in [5, 5.41) is 3.35. The largest absolute Gasteiger partial charge is 0.468 e. The number of ether oxygens (including phenoxy) is 1. The van der Waals surface area contributed by atoms with Crippen LogP contribution >= 0.6 is 0 Å². The molecule has 4 nitrogen and oxygen atoms in total. The highest BCUT2D eigenvalue weighted by atomic mass is 16.5. The van der Waals surface area contributed by atoms with Crippen molar-refractivity contribution in [2.75, 3.05) is 27.2 Å². The van der Waals surface area contributed by atoms with Crippen LogP contribution in [-0.2, 0) is 9.53 Å². The second-order valence-corrected chi connectivity index (χ2v) is 6.77. The zero-order chi connectivity index (χ0) is 15.9. The molecule has 0 saturated heterocycles. The van der Waals surface area contributed by atoms with Crippen LogP contribution in [0.5, 0.6) is 0 Å². The Balaban J connectivity index is 2.30. The van der Waals surface area contributed by atoms with Crippen LogP contribution in [0.3, 0.4) is 0 Å². The number of carbonyl (C=O) groups excluding carboxylic acids is 1. The molecule has 0 amide bonds. The molecular formula is C17H34N2O2. The minimum absolute atomic E-state index is 0.143. The van der Waals surface area contributed by atoms with Crippen molar-refractivity contribution in [2.45, 2.75) is 70.9 Å². The molecule has 1 aliphatic rings. The number of nitrogens with one attached hydrogen (secondary N) is 1. The van der Waals surface area contributed by atoms with E-state index in [9.17, 15) is 4.79 Å². The molecule has 124 valence electrons. The second kappa shape index (κ2) is 8.74. The summed E-state index contributed by atoms with van der Waals surface area (Å²) < 4.78 is 4.96. The van der Waals surface area contributed by atoms with E-state index < -0.39 is 5.54 Å². The highest BCUT2D eigenvalue weighted by Gasteiger charge is 2.33. The topological polar surface area (TPSA) is 41.6 Å². The molecule has 2 atom stereocenters. The van der Waals surface area contributed by atoms with E-state index in [0.717, 1.165) is 44.7 Å². The fraction of sp³-hybridized carbons (Fsp3) is 0.941. The summed E-state index contributed by atoms with van der Waals surface area (Å²) in [4.78, 5) is 14.4. The van der Waals surface area contributed by atoms with E-state index in [4.69, 9.17) is 4.74 Å². The first kappa shape index (κ1) is 18.4. The van der Waals surface area contributed by atoms with Gasteiger partial charge in [0.25, 0.3) is 0 Å². The van der Waals surface area contributed by atoms with Crippen LogP contribution < -0.4 is 5.32 Å². The molecule has 4 heteroatoms. The van der Waals surface area contributed by atoms with Crippen LogP contribution in [0, 0.1) is 5.92 Å². The van der Waals surface area contributed by atoms with Crippen molar-refractivity contribution >= 4 is 5.97 Å². The number of rotatable bonds is 11. The molecule has 1 saturated carbocycles. The van der Waals surface area contributed by atoms with Gasteiger partial charge in [-0.25, -0.2) is 0 Å². The quantitative estimate of drug-likeness (QED) is 0.470. The standard InChI is InChI=1S/C17H34N2O2/c1-6-12-18-17(3,16(20)21-5)11-7-8-13-19(4)14(2)15-9-10-15/h14-15,18H,6-13H2,1-5H3. The molecule has 0 radical (unpaired) electrons. The average molecular weight is 298 g/mol. The number of methoxy groups -OCH3 is 1. The van der Waals surface area contributed by atoms with E-state index in [0.29, 0.717) is 6.04 Å². The van der Waals surface area contributed by atoms with Gasteiger partial charge in [0.1, 0.15) is 5.54 Å². The lowest BCUT2D eigenvalue weighted by Gasteiger charge is -2.29. The molecular weight excluding hydrogens is 264 g/mol. The van der Waals surface area contributed by atoms with Gasteiger partial charge in [0, 0.05) is 6.04 Å². The van der Waals surface area contributed by atoms with E-state index in [1.165, 1.54) is 20.0 Å². The Kier molecular flexibility index (Phi) is 7.67. The third-order valence-corrected chi connectivity index (χ3v) is 4.84. The Morgan fingerprint density at radius 1 is 1.43 bits per heavy atom. The van der Waals surface area contributed by atoms with Crippen molar-refractivity contribution in [3.05, 3.63) is 0 Å². The summed E-state index contributed by atoms with van der Waals surface area (Å²) in [6.45, 7) is 8.37. The fourth-order valence-electron chi connectivity index (χ4n) is 2.87. The van der Waals surface area contributed by atoms with Gasteiger partial charge in [-0.15, -0.1) is 0 Å². The molecule has 0 aromatic heterocycles. The van der Waals surface area contributed by atoms with Crippen molar-refractivity contribution in [1.82, 2.24) is 10.2 Å². The zero-order valence-electron chi connectivity index (χ0n) is 14.6.